The Bertz CT molecular complexity index is 320. The molecule has 7 heteroatoms. The Hall–Kier alpha value is -0.450. The van der Waals surface area contributed by atoms with Crippen LogP contribution in [-0.4, -0.2) is 16.0 Å². The molecule has 0 aromatic carbocycles. The molecular formula is C5Cl3FN2O. The molecule has 1 aromatic rings. The van der Waals surface area contributed by atoms with Gasteiger partial charge < -0.3 is 0 Å². The minimum absolute atomic E-state index is 0.241. The van der Waals surface area contributed by atoms with Gasteiger partial charge in [0.25, 0.3) is 0 Å². The van der Waals surface area contributed by atoms with Crippen LogP contribution < -0.4 is 0 Å². The van der Waals surface area contributed by atoms with Crippen LogP contribution in [0.25, 0.3) is 0 Å². The largest absolute Gasteiger partial charge is 0.338 e. The van der Waals surface area contributed by atoms with Crippen LogP contribution in [0.4, 0.5) is 4.39 Å². The van der Waals surface area contributed by atoms with Crippen molar-refractivity contribution in [3.63, 3.8) is 0 Å². The van der Waals surface area contributed by atoms with E-state index in [-0.39, 0.29) is 5.28 Å². The summed E-state index contributed by atoms with van der Waals surface area (Å²) in [4.78, 5) is 16.9. The molecule has 0 aliphatic rings. The zero-order valence-corrected chi connectivity index (χ0v) is 7.58. The van der Waals surface area contributed by atoms with Gasteiger partial charge in [0.05, 0.1) is 0 Å². The molecule has 0 fully saturated rings. The molecule has 0 spiro atoms. The summed E-state index contributed by atoms with van der Waals surface area (Å²) in [6, 6.07) is -1.79. The molecule has 1 heterocycles. The Morgan fingerprint density at radius 3 is 1.92 bits per heavy atom. The molecule has 0 bridgehead atoms. The van der Waals surface area contributed by atoms with Gasteiger partial charge in [-0.1, -0.05) is 23.2 Å². The van der Waals surface area contributed by atoms with Gasteiger partial charge in [-0.2, -0.15) is 4.39 Å². The van der Waals surface area contributed by atoms with Crippen molar-refractivity contribution in [3.8, 4) is 0 Å². The van der Waals surface area contributed by atoms with E-state index in [0.717, 1.165) is 0 Å². The molecule has 1 rings (SSSR count). The van der Waals surface area contributed by atoms with Crippen LogP contribution in [0.5, 0.6) is 0 Å². The summed E-state index contributed by atoms with van der Waals surface area (Å²) in [7, 11) is 0. The molecule has 0 saturated heterocycles. The second kappa shape index (κ2) is 3.51. The van der Waals surface area contributed by atoms with Crippen LogP contribution in [0.1, 0.15) is 10.4 Å². The van der Waals surface area contributed by atoms with Gasteiger partial charge in [-0.25, -0.2) is 9.97 Å². The smallest absolute Gasteiger partial charge is 0.255 e. The van der Waals surface area contributed by atoms with Crippen molar-refractivity contribution < 1.29 is 9.18 Å². The molecule has 0 amide bonds. The summed E-state index contributed by atoms with van der Waals surface area (Å²) in [5, 5.41) is -1.03. The van der Waals surface area contributed by atoms with Crippen molar-refractivity contribution in [2.24, 2.45) is 0 Å². The first-order valence-electron chi connectivity index (χ1n) is 2.60. The van der Waals surface area contributed by atoms with E-state index < -0.39 is 21.9 Å². The first-order valence-corrected chi connectivity index (χ1v) is 3.74. The summed E-state index contributed by atoms with van der Waals surface area (Å²) < 4.78 is 12.2. The summed E-state index contributed by atoms with van der Waals surface area (Å²) in [5.41, 5.74) is -0.567. The molecule has 64 valence electrons. The van der Waals surface area contributed by atoms with Crippen molar-refractivity contribution in [1.29, 1.82) is 0 Å². The Balaban J connectivity index is 3.38. The molecule has 0 radical (unpaired) electrons. The second-order valence-corrected chi connectivity index (χ2v) is 2.78. The lowest BCUT2D eigenvalue weighted by atomic mass is 10.4. The standard InChI is InChI=1S/C5Cl3FN2O/c6-2-1(4(9)12)3(7)11-5(8)10-2. The van der Waals surface area contributed by atoms with E-state index in [4.69, 9.17) is 34.8 Å². The van der Waals surface area contributed by atoms with Gasteiger partial charge >= 0.3 is 6.04 Å². The lowest BCUT2D eigenvalue weighted by molar-refractivity contribution is 0.0835. The van der Waals surface area contributed by atoms with Gasteiger partial charge in [0.15, 0.2) is 0 Å². The molecule has 0 unspecified atom stereocenters. The van der Waals surface area contributed by atoms with Crippen LogP contribution >= 0.6 is 34.8 Å². The number of hydrogen-bond donors (Lipinski definition) is 0. The Kier molecular flexibility index (Phi) is 2.82. The lowest BCUT2D eigenvalue weighted by Crippen LogP contribution is -1.98. The van der Waals surface area contributed by atoms with E-state index in [1.165, 1.54) is 0 Å². The minimum Gasteiger partial charge on any atom is -0.255 e. The highest BCUT2D eigenvalue weighted by Gasteiger charge is 2.17. The van der Waals surface area contributed by atoms with Crippen LogP contribution in [0.3, 0.4) is 0 Å². The van der Waals surface area contributed by atoms with Crippen LogP contribution in [0, 0.1) is 0 Å². The molecule has 0 N–H and O–H groups in total. The first kappa shape index (κ1) is 9.64. The van der Waals surface area contributed by atoms with Gasteiger partial charge in [0, 0.05) is 0 Å². The fourth-order valence-corrected chi connectivity index (χ4v) is 1.34. The summed E-state index contributed by atoms with van der Waals surface area (Å²) in [6.07, 6.45) is 0. The molecule has 0 saturated carbocycles. The highest BCUT2D eigenvalue weighted by molar-refractivity contribution is 6.39. The summed E-state index contributed by atoms with van der Waals surface area (Å²) >= 11 is 16.0. The van der Waals surface area contributed by atoms with E-state index in [1.54, 1.807) is 0 Å². The quantitative estimate of drug-likeness (QED) is 0.422. The highest BCUT2D eigenvalue weighted by atomic mass is 35.5. The topological polar surface area (TPSA) is 42.9 Å². The van der Waals surface area contributed by atoms with Gasteiger partial charge in [-0.15, -0.1) is 0 Å². The molecule has 3 nitrogen and oxygen atoms in total. The third-order valence-electron chi connectivity index (χ3n) is 0.990. The number of carbonyl (C=O) groups is 1. The molecule has 12 heavy (non-hydrogen) atoms. The predicted molar refractivity (Wildman–Crippen MR) is 42.5 cm³/mol. The van der Waals surface area contributed by atoms with E-state index >= 15 is 0 Å². The number of hydrogen-bond acceptors (Lipinski definition) is 3. The van der Waals surface area contributed by atoms with Gasteiger partial charge in [0.1, 0.15) is 15.9 Å². The number of rotatable bonds is 1. The Labute approximate surface area is 81.5 Å². The fraction of sp³-hybridized carbons (Fsp3) is 0. The van der Waals surface area contributed by atoms with Crippen molar-refractivity contribution in [2.75, 3.05) is 0 Å². The van der Waals surface area contributed by atoms with Crippen molar-refractivity contribution in [1.82, 2.24) is 9.97 Å². The minimum atomic E-state index is -1.79. The lowest BCUT2D eigenvalue weighted by Gasteiger charge is -1.98. The van der Waals surface area contributed by atoms with Crippen LogP contribution in [0.2, 0.25) is 15.6 Å². The van der Waals surface area contributed by atoms with Crippen molar-refractivity contribution >= 4 is 40.8 Å². The first-order chi connectivity index (χ1) is 5.52. The molecule has 0 aliphatic heterocycles. The van der Waals surface area contributed by atoms with E-state index in [1.807, 2.05) is 0 Å². The molecule has 0 aliphatic carbocycles. The fourth-order valence-electron chi connectivity index (χ4n) is 0.546. The third kappa shape index (κ3) is 1.83. The highest BCUT2D eigenvalue weighted by Crippen LogP contribution is 2.23. The van der Waals surface area contributed by atoms with Gasteiger partial charge in [-0.05, 0) is 11.6 Å². The number of aromatic nitrogens is 2. The Morgan fingerprint density at radius 1 is 1.17 bits per heavy atom. The summed E-state index contributed by atoms with van der Waals surface area (Å²) in [6.45, 7) is 0. The van der Waals surface area contributed by atoms with Gasteiger partial charge in [-0.3, -0.25) is 4.79 Å². The second-order valence-electron chi connectivity index (χ2n) is 1.72. The monoisotopic (exact) mass is 228 g/mol. The zero-order chi connectivity index (χ0) is 9.30. The van der Waals surface area contributed by atoms with Gasteiger partial charge in [0.2, 0.25) is 5.28 Å². The van der Waals surface area contributed by atoms with E-state index in [2.05, 4.69) is 9.97 Å². The SMILES string of the molecule is O=C(F)c1c(Cl)nc(Cl)nc1Cl. The van der Waals surface area contributed by atoms with Crippen molar-refractivity contribution in [3.05, 3.63) is 21.2 Å². The molecule has 1 aromatic heterocycles. The van der Waals surface area contributed by atoms with Crippen LogP contribution in [-0.2, 0) is 0 Å². The maximum atomic E-state index is 12.2. The normalized spacial score (nSPS) is 10.0. The third-order valence-corrected chi connectivity index (χ3v) is 1.71. The average molecular weight is 229 g/mol. The molecule has 0 atom stereocenters. The van der Waals surface area contributed by atoms with E-state index in [9.17, 15) is 9.18 Å². The summed E-state index contributed by atoms with van der Waals surface area (Å²) in [5.74, 6) is 0. The molecular weight excluding hydrogens is 229 g/mol. The zero-order valence-electron chi connectivity index (χ0n) is 5.31. The number of carbonyl (C=O) groups excluding carboxylic acids is 1. The maximum Gasteiger partial charge on any atom is 0.338 e. The van der Waals surface area contributed by atoms with Crippen molar-refractivity contribution in [2.45, 2.75) is 0 Å². The number of nitrogens with zero attached hydrogens (tertiary/aromatic N) is 2. The average Bonchev–Trinajstić information content (AvgIpc) is 1.82. The maximum absolute atomic E-state index is 12.2. The Morgan fingerprint density at radius 2 is 1.58 bits per heavy atom. The predicted octanol–water partition coefficient (Wildman–Crippen LogP) is 2.55. The van der Waals surface area contributed by atoms with Crippen LogP contribution in [0.15, 0.2) is 0 Å². The number of halogens is 4. The van der Waals surface area contributed by atoms with E-state index in [0.29, 0.717) is 0 Å².